The van der Waals surface area contributed by atoms with Crippen LogP contribution in [0.5, 0.6) is 0 Å². The second-order valence-corrected chi connectivity index (χ2v) is 2.63. The lowest BCUT2D eigenvalue weighted by Gasteiger charge is -2.07. The first kappa shape index (κ1) is 7.34. The minimum atomic E-state index is -0.695. The average Bonchev–Trinajstić information content (AvgIpc) is 2.13. The predicted octanol–water partition coefficient (Wildman–Crippen LogP) is -0.0385. The van der Waals surface area contributed by atoms with Crippen LogP contribution in [0.25, 0.3) is 0 Å². The van der Waals surface area contributed by atoms with Crippen molar-refractivity contribution in [1.82, 2.24) is 0 Å². The molecule has 1 rings (SSSR count). The lowest BCUT2D eigenvalue weighted by Crippen LogP contribution is -2.22. The fourth-order valence-corrected chi connectivity index (χ4v) is 1.24. The molecule has 1 aliphatic rings. The zero-order chi connectivity index (χ0) is 7.56. The zero-order valence-electron chi connectivity index (χ0n) is 5.75. The van der Waals surface area contributed by atoms with Gasteiger partial charge in [-0.05, 0) is 19.3 Å². The summed E-state index contributed by atoms with van der Waals surface area (Å²) in [7, 11) is 0. The van der Waals surface area contributed by atoms with Crippen LogP contribution in [0, 0.1) is 0 Å². The predicted molar refractivity (Wildman–Crippen MR) is 36.3 cm³/mol. The molecule has 4 N–H and O–H groups in total. The van der Waals surface area contributed by atoms with Crippen LogP contribution in [0.15, 0.2) is 0 Å². The van der Waals surface area contributed by atoms with E-state index in [0.29, 0.717) is 0 Å². The summed E-state index contributed by atoms with van der Waals surface area (Å²) in [5.41, 5.74) is 10.4. The molecule has 0 saturated heterocycles. The molecule has 0 aliphatic heterocycles. The van der Waals surface area contributed by atoms with Gasteiger partial charge in [0.25, 0.3) is 0 Å². The van der Waals surface area contributed by atoms with Crippen LogP contribution in [-0.2, 0) is 4.74 Å². The van der Waals surface area contributed by atoms with Gasteiger partial charge in [-0.3, -0.25) is 0 Å². The van der Waals surface area contributed by atoms with Crippen molar-refractivity contribution in [3.8, 4) is 0 Å². The van der Waals surface area contributed by atoms with Crippen molar-refractivity contribution in [2.45, 2.75) is 31.4 Å². The lowest BCUT2D eigenvalue weighted by atomic mass is 10.3. The van der Waals surface area contributed by atoms with Crippen molar-refractivity contribution in [2.24, 2.45) is 11.5 Å². The molecule has 1 aliphatic carbocycles. The van der Waals surface area contributed by atoms with E-state index < -0.39 is 6.09 Å². The molecule has 1 unspecified atom stereocenters. The smallest absolute Gasteiger partial charge is 0.404 e. The van der Waals surface area contributed by atoms with E-state index in [-0.39, 0.29) is 12.1 Å². The van der Waals surface area contributed by atoms with Crippen molar-refractivity contribution >= 4 is 6.09 Å². The van der Waals surface area contributed by atoms with Gasteiger partial charge in [-0.15, -0.1) is 0 Å². The summed E-state index contributed by atoms with van der Waals surface area (Å²) in [6.07, 6.45) is 1.80. The van der Waals surface area contributed by atoms with Gasteiger partial charge >= 0.3 is 6.09 Å². The molecule has 4 nitrogen and oxygen atoms in total. The van der Waals surface area contributed by atoms with Gasteiger partial charge in [-0.1, -0.05) is 0 Å². The maximum Gasteiger partial charge on any atom is 0.404 e. The van der Waals surface area contributed by atoms with Crippen molar-refractivity contribution in [2.75, 3.05) is 0 Å². The first-order valence-corrected chi connectivity index (χ1v) is 3.40. The third kappa shape index (κ3) is 1.88. The molecule has 1 saturated carbocycles. The maximum absolute atomic E-state index is 10.2. The molecule has 2 atom stereocenters. The maximum atomic E-state index is 10.2. The molecule has 0 aromatic rings. The van der Waals surface area contributed by atoms with Crippen LogP contribution in [0.3, 0.4) is 0 Å². The average molecular weight is 144 g/mol. The Balaban J connectivity index is 2.24. The Morgan fingerprint density at radius 2 is 2.20 bits per heavy atom. The molecule has 0 bridgehead atoms. The number of amides is 1. The van der Waals surface area contributed by atoms with E-state index in [4.69, 9.17) is 16.2 Å². The van der Waals surface area contributed by atoms with Crippen molar-refractivity contribution in [3.05, 3.63) is 0 Å². The van der Waals surface area contributed by atoms with E-state index in [9.17, 15) is 4.79 Å². The van der Waals surface area contributed by atoms with E-state index in [1.165, 1.54) is 0 Å². The summed E-state index contributed by atoms with van der Waals surface area (Å²) in [5, 5.41) is 0. The van der Waals surface area contributed by atoms with Gasteiger partial charge < -0.3 is 16.2 Å². The van der Waals surface area contributed by atoms with Crippen molar-refractivity contribution in [1.29, 1.82) is 0 Å². The van der Waals surface area contributed by atoms with Crippen molar-refractivity contribution in [3.63, 3.8) is 0 Å². The summed E-state index contributed by atoms with van der Waals surface area (Å²) in [6.45, 7) is 0. The molecule has 0 aromatic carbocycles. The van der Waals surface area contributed by atoms with Crippen molar-refractivity contribution < 1.29 is 9.53 Å². The monoisotopic (exact) mass is 144 g/mol. The Morgan fingerprint density at radius 1 is 1.50 bits per heavy atom. The van der Waals surface area contributed by atoms with E-state index in [1.54, 1.807) is 0 Å². The molecule has 0 aromatic heterocycles. The lowest BCUT2D eigenvalue weighted by molar-refractivity contribution is 0.109. The summed E-state index contributed by atoms with van der Waals surface area (Å²) in [5.74, 6) is 0. The summed E-state index contributed by atoms with van der Waals surface area (Å²) >= 11 is 0. The third-order valence-corrected chi connectivity index (χ3v) is 1.71. The Bertz CT molecular complexity index is 138. The molecule has 10 heavy (non-hydrogen) atoms. The summed E-state index contributed by atoms with van der Waals surface area (Å²) in [6, 6.07) is 0.185. The van der Waals surface area contributed by atoms with Gasteiger partial charge in [0, 0.05) is 6.04 Å². The standard InChI is InChI=1S/C6H12N2O2/c7-4-1-2-5(3-4)10-6(8)9/h4-5H,1-3,7H2,(H2,8,9)/t4-,5?/m0/s1. The highest BCUT2D eigenvalue weighted by Crippen LogP contribution is 2.19. The van der Waals surface area contributed by atoms with Crippen LogP contribution in [0.1, 0.15) is 19.3 Å². The molecule has 58 valence electrons. The number of primary amides is 1. The molecule has 0 radical (unpaired) electrons. The zero-order valence-corrected chi connectivity index (χ0v) is 5.75. The van der Waals surface area contributed by atoms with E-state index in [2.05, 4.69) is 0 Å². The molecule has 1 amide bonds. The van der Waals surface area contributed by atoms with Gasteiger partial charge in [-0.25, -0.2) is 4.79 Å². The molecule has 4 heteroatoms. The van der Waals surface area contributed by atoms with Crippen LogP contribution in [0.4, 0.5) is 4.79 Å². The summed E-state index contributed by atoms with van der Waals surface area (Å²) in [4.78, 5) is 10.2. The number of rotatable bonds is 1. The minimum Gasteiger partial charge on any atom is -0.446 e. The highest BCUT2D eigenvalue weighted by molar-refractivity contribution is 5.64. The minimum absolute atomic E-state index is 0.0347. The van der Waals surface area contributed by atoms with Crippen LogP contribution < -0.4 is 11.5 Å². The number of carbonyl (C=O) groups excluding carboxylic acids is 1. The largest absolute Gasteiger partial charge is 0.446 e. The topological polar surface area (TPSA) is 78.3 Å². The molecular formula is C6H12N2O2. The molecule has 0 heterocycles. The van der Waals surface area contributed by atoms with Gasteiger partial charge in [0.1, 0.15) is 6.10 Å². The highest BCUT2D eigenvalue weighted by atomic mass is 16.6. The number of hydrogen-bond donors (Lipinski definition) is 2. The van der Waals surface area contributed by atoms with Gasteiger partial charge in [-0.2, -0.15) is 0 Å². The van der Waals surface area contributed by atoms with E-state index >= 15 is 0 Å². The Labute approximate surface area is 59.5 Å². The van der Waals surface area contributed by atoms with E-state index in [0.717, 1.165) is 19.3 Å². The highest BCUT2D eigenvalue weighted by Gasteiger charge is 2.23. The van der Waals surface area contributed by atoms with Gasteiger partial charge in [0.15, 0.2) is 0 Å². The van der Waals surface area contributed by atoms with E-state index in [1.807, 2.05) is 0 Å². The second kappa shape index (κ2) is 2.88. The number of nitrogens with two attached hydrogens (primary N) is 2. The fourth-order valence-electron chi connectivity index (χ4n) is 1.24. The third-order valence-electron chi connectivity index (χ3n) is 1.71. The Hall–Kier alpha value is -0.770. The first-order chi connectivity index (χ1) is 4.68. The normalized spacial score (nSPS) is 32.1. The molecule has 0 spiro atoms. The second-order valence-electron chi connectivity index (χ2n) is 2.63. The Kier molecular flexibility index (Phi) is 2.11. The molecule has 1 fully saturated rings. The summed E-state index contributed by atoms with van der Waals surface area (Å²) < 4.78 is 4.74. The van der Waals surface area contributed by atoms with Gasteiger partial charge in [0.05, 0.1) is 0 Å². The SMILES string of the molecule is NC(=O)OC1CC[C@H](N)C1. The number of ether oxygens (including phenoxy) is 1. The van der Waals surface area contributed by atoms with Gasteiger partial charge in [0.2, 0.25) is 0 Å². The number of hydrogen-bond acceptors (Lipinski definition) is 3. The van der Waals surface area contributed by atoms with Crippen LogP contribution >= 0.6 is 0 Å². The first-order valence-electron chi connectivity index (χ1n) is 3.40. The Morgan fingerprint density at radius 3 is 2.60 bits per heavy atom. The number of carbonyl (C=O) groups is 1. The van der Waals surface area contributed by atoms with Crippen LogP contribution in [0.2, 0.25) is 0 Å². The quantitative estimate of drug-likeness (QED) is 0.542. The van der Waals surface area contributed by atoms with Crippen LogP contribution in [-0.4, -0.2) is 18.2 Å². The molecular weight excluding hydrogens is 132 g/mol. The fraction of sp³-hybridized carbons (Fsp3) is 0.833.